The van der Waals surface area contributed by atoms with Crippen molar-refractivity contribution >= 4 is 11.9 Å². The van der Waals surface area contributed by atoms with Gasteiger partial charge in [0.15, 0.2) is 0 Å². The lowest BCUT2D eigenvalue weighted by molar-refractivity contribution is -0.323. The molecule has 1 amide bonds. The molecule has 0 bridgehead atoms. The van der Waals surface area contributed by atoms with Crippen molar-refractivity contribution in [2.45, 2.75) is 40.2 Å². The summed E-state index contributed by atoms with van der Waals surface area (Å²) in [5, 5.41) is 14.2. The molecule has 0 spiro atoms. The lowest BCUT2D eigenvalue weighted by Crippen LogP contribution is -2.50. The summed E-state index contributed by atoms with van der Waals surface area (Å²) in [4.78, 5) is 23.7. The number of amides is 1. The zero-order valence-electron chi connectivity index (χ0n) is 12.1. The van der Waals surface area contributed by atoms with Gasteiger partial charge in [0.25, 0.3) is 0 Å². The second-order valence-electron chi connectivity index (χ2n) is 6.23. The molecule has 0 saturated heterocycles. The molecule has 0 radical (unpaired) electrons. The number of hydrogen-bond acceptors (Lipinski definition) is 4. The fourth-order valence-electron chi connectivity index (χ4n) is 3.04. The summed E-state index contributed by atoms with van der Waals surface area (Å²) in [5.41, 5.74) is -1.61. The average molecular weight is 278 g/mol. The van der Waals surface area contributed by atoms with E-state index in [1.807, 2.05) is 13.8 Å². The van der Waals surface area contributed by atoms with Gasteiger partial charge in [-0.2, -0.15) is 0 Å². The Morgan fingerprint density at radius 3 is 2.65 bits per heavy atom. The number of furan rings is 1. The van der Waals surface area contributed by atoms with Crippen molar-refractivity contribution in [1.82, 2.24) is 5.32 Å². The highest BCUT2D eigenvalue weighted by molar-refractivity contribution is 5.83. The monoisotopic (exact) mass is 278 g/mol. The molecule has 5 heteroatoms. The number of hydrogen-bond donors (Lipinski definition) is 1. The van der Waals surface area contributed by atoms with Gasteiger partial charge in [-0.1, -0.05) is 20.8 Å². The van der Waals surface area contributed by atoms with E-state index >= 15 is 0 Å². The first kappa shape index (κ1) is 14.6. The van der Waals surface area contributed by atoms with Gasteiger partial charge >= 0.3 is 0 Å². The zero-order chi connectivity index (χ0) is 15.0. The van der Waals surface area contributed by atoms with E-state index in [0.29, 0.717) is 25.1 Å². The Kier molecular flexibility index (Phi) is 3.63. The van der Waals surface area contributed by atoms with Gasteiger partial charge in [0.05, 0.1) is 12.8 Å². The highest BCUT2D eigenvalue weighted by Gasteiger charge is 2.54. The Bertz CT molecular complexity index is 506. The van der Waals surface area contributed by atoms with E-state index in [0.717, 1.165) is 0 Å². The standard InChI is InChI=1S/C15H21NO4/c1-14(2)11(6-7-15(14,3)13(18)19)12(17)16-9-10-5-4-8-20-10/h4-5,8,11H,6-7,9H2,1-3H3,(H,16,17)(H,18,19)/p-1. The van der Waals surface area contributed by atoms with Crippen LogP contribution in [0.2, 0.25) is 0 Å². The third-order valence-corrected chi connectivity index (χ3v) is 5.01. The second kappa shape index (κ2) is 4.96. The molecular weight excluding hydrogens is 258 g/mol. The summed E-state index contributed by atoms with van der Waals surface area (Å²) in [6, 6.07) is 3.54. The van der Waals surface area contributed by atoms with E-state index < -0.39 is 16.8 Å². The maximum atomic E-state index is 12.3. The Balaban J connectivity index is 2.06. The van der Waals surface area contributed by atoms with E-state index in [1.165, 1.54) is 0 Å². The lowest BCUT2D eigenvalue weighted by Gasteiger charge is -2.41. The molecule has 1 aromatic heterocycles. The van der Waals surface area contributed by atoms with Crippen LogP contribution in [-0.4, -0.2) is 11.9 Å². The van der Waals surface area contributed by atoms with E-state index in [4.69, 9.17) is 4.42 Å². The molecule has 1 heterocycles. The quantitative estimate of drug-likeness (QED) is 0.893. The van der Waals surface area contributed by atoms with Gasteiger partial charge < -0.3 is 19.6 Å². The van der Waals surface area contributed by atoms with Crippen molar-refractivity contribution in [1.29, 1.82) is 0 Å². The van der Waals surface area contributed by atoms with Crippen LogP contribution >= 0.6 is 0 Å². The molecule has 1 aliphatic rings. The van der Waals surface area contributed by atoms with Crippen LogP contribution in [0, 0.1) is 16.7 Å². The van der Waals surface area contributed by atoms with Crippen molar-refractivity contribution in [3.63, 3.8) is 0 Å². The Morgan fingerprint density at radius 2 is 2.15 bits per heavy atom. The number of aliphatic carboxylic acids is 1. The predicted octanol–water partition coefficient (Wildman–Crippen LogP) is 1.09. The fraction of sp³-hybridized carbons (Fsp3) is 0.600. The summed E-state index contributed by atoms with van der Waals surface area (Å²) in [5.74, 6) is -0.864. The molecule has 1 N–H and O–H groups in total. The normalized spacial score (nSPS) is 28.2. The number of carboxylic acid groups (broad SMARTS) is 1. The van der Waals surface area contributed by atoms with Crippen LogP contribution in [0.15, 0.2) is 22.8 Å². The summed E-state index contributed by atoms with van der Waals surface area (Å²) >= 11 is 0. The minimum absolute atomic E-state index is 0.128. The summed E-state index contributed by atoms with van der Waals surface area (Å²) in [6.07, 6.45) is 2.57. The van der Waals surface area contributed by atoms with Gasteiger partial charge in [-0.25, -0.2) is 0 Å². The maximum absolute atomic E-state index is 12.3. The number of nitrogens with one attached hydrogen (secondary N) is 1. The molecule has 0 aromatic carbocycles. The van der Waals surface area contributed by atoms with Gasteiger partial charge in [0.2, 0.25) is 5.91 Å². The molecule has 2 atom stereocenters. The Labute approximate surface area is 118 Å². The van der Waals surface area contributed by atoms with Gasteiger partial charge in [-0.3, -0.25) is 4.79 Å². The van der Waals surface area contributed by atoms with E-state index in [-0.39, 0.29) is 11.8 Å². The van der Waals surface area contributed by atoms with Crippen molar-refractivity contribution in [2.24, 2.45) is 16.7 Å². The molecule has 110 valence electrons. The average Bonchev–Trinajstić information content (AvgIpc) is 2.95. The first-order chi connectivity index (χ1) is 9.29. The molecule has 2 rings (SSSR count). The largest absolute Gasteiger partial charge is 0.550 e. The molecule has 1 aliphatic carbocycles. The van der Waals surface area contributed by atoms with E-state index in [9.17, 15) is 14.7 Å². The van der Waals surface area contributed by atoms with E-state index in [2.05, 4.69) is 5.32 Å². The summed E-state index contributed by atoms with van der Waals surface area (Å²) < 4.78 is 5.16. The minimum atomic E-state index is -1.08. The number of carboxylic acids is 1. The Morgan fingerprint density at radius 1 is 1.45 bits per heavy atom. The fourth-order valence-corrected chi connectivity index (χ4v) is 3.04. The topological polar surface area (TPSA) is 82.4 Å². The molecule has 1 aromatic rings. The molecule has 2 unspecified atom stereocenters. The number of carbonyl (C=O) groups excluding carboxylic acids is 2. The van der Waals surface area contributed by atoms with Gasteiger partial charge in [0, 0.05) is 17.3 Å². The van der Waals surface area contributed by atoms with Crippen LogP contribution < -0.4 is 10.4 Å². The SMILES string of the molecule is CC1(C(=O)[O-])CCC(C(=O)NCc2ccco2)C1(C)C. The van der Waals surface area contributed by atoms with E-state index in [1.54, 1.807) is 25.3 Å². The van der Waals surface area contributed by atoms with Crippen LogP contribution in [0.4, 0.5) is 0 Å². The maximum Gasteiger partial charge on any atom is 0.224 e. The second-order valence-corrected chi connectivity index (χ2v) is 6.23. The highest BCUT2D eigenvalue weighted by Crippen LogP contribution is 2.55. The van der Waals surface area contributed by atoms with Gasteiger partial charge in [-0.15, -0.1) is 0 Å². The van der Waals surface area contributed by atoms with Crippen molar-refractivity contribution in [2.75, 3.05) is 0 Å². The molecular formula is C15H20NO4-. The van der Waals surface area contributed by atoms with Crippen LogP contribution in [0.1, 0.15) is 39.4 Å². The van der Waals surface area contributed by atoms with Crippen LogP contribution in [0.5, 0.6) is 0 Å². The lowest BCUT2D eigenvalue weighted by atomic mass is 9.65. The predicted molar refractivity (Wildman–Crippen MR) is 70.2 cm³/mol. The Hall–Kier alpha value is -1.78. The molecule has 20 heavy (non-hydrogen) atoms. The highest BCUT2D eigenvalue weighted by atomic mass is 16.4. The molecule has 1 fully saturated rings. The smallest absolute Gasteiger partial charge is 0.224 e. The molecule has 5 nitrogen and oxygen atoms in total. The number of rotatable bonds is 4. The van der Waals surface area contributed by atoms with Gasteiger partial charge in [-0.05, 0) is 30.4 Å². The zero-order valence-corrected chi connectivity index (χ0v) is 12.1. The van der Waals surface area contributed by atoms with Crippen molar-refractivity contribution in [3.8, 4) is 0 Å². The first-order valence-corrected chi connectivity index (χ1v) is 6.80. The number of carbonyl (C=O) groups is 2. The molecule has 0 aliphatic heterocycles. The molecule has 1 saturated carbocycles. The van der Waals surface area contributed by atoms with Crippen molar-refractivity contribution < 1.29 is 19.1 Å². The minimum Gasteiger partial charge on any atom is -0.550 e. The van der Waals surface area contributed by atoms with Gasteiger partial charge in [0.1, 0.15) is 5.76 Å². The third kappa shape index (κ3) is 2.21. The van der Waals surface area contributed by atoms with Crippen LogP contribution in [-0.2, 0) is 16.1 Å². The first-order valence-electron chi connectivity index (χ1n) is 6.80. The third-order valence-electron chi connectivity index (χ3n) is 5.01. The van der Waals surface area contributed by atoms with Crippen LogP contribution in [0.25, 0.3) is 0 Å². The van der Waals surface area contributed by atoms with Crippen LogP contribution in [0.3, 0.4) is 0 Å². The summed E-state index contributed by atoms with van der Waals surface area (Å²) in [6.45, 7) is 5.64. The summed E-state index contributed by atoms with van der Waals surface area (Å²) in [7, 11) is 0. The van der Waals surface area contributed by atoms with Crippen molar-refractivity contribution in [3.05, 3.63) is 24.2 Å².